The molecule has 4 aromatic rings. The van der Waals surface area contributed by atoms with Crippen LogP contribution in [0.25, 0.3) is 11.1 Å². The van der Waals surface area contributed by atoms with Gasteiger partial charge in [0.05, 0.1) is 30.3 Å². The second-order valence-electron chi connectivity index (χ2n) is 11.2. The second kappa shape index (κ2) is 14.1. The molecule has 3 aromatic carbocycles. The van der Waals surface area contributed by atoms with E-state index >= 15 is 4.39 Å². The lowest BCUT2D eigenvalue weighted by atomic mass is 9.97. The Bertz CT molecular complexity index is 1780. The number of aromatic nitrogens is 2. The molecule has 1 heterocycles. The summed E-state index contributed by atoms with van der Waals surface area (Å²) in [5.41, 5.74) is -1.16. The average molecular weight is 626 g/mol. The highest BCUT2D eigenvalue weighted by molar-refractivity contribution is 5.67. The standard InChI is InChI=1S/C34H35F4N3O4/c1-21(2)24-12-7-13-25(18-24)31-22(3)40(19-26-27(34(36,37)38)14-8-15-28(26)35)33(45)41(32(31)44)20-29(23-10-5-4-6-11-23)39-17-9-16-30(42)43/h4-8,10-15,18,21,29,39H,9,16-17,19-20H2,1-3H3,(H,42,43)/t29-/m1/s1. The van der Waals surface area contributed by atoms with Crippen molar-refractivity contribution in [3.63, 3.8) is 0 Å². The van der Waals surface area contributed by atoms with E-state index in [1.54, 1.807) is 48.5 Å². The van der Waals surface area contributed by atoms with Crippen LogP contribution in [0.2, 0.25) is 0 Å². The summed E-state index contributed by atoms with van der Waals surface area (Å²) in [6, 6.07) is 18.1. The summed E-state index contributed by atoms with van der Waals surface area (Å²) in [5, 5.41) is 12.3. The van der Waals surface area contributed by atoms with Crippen LogP contribution in [0.5, 0.6) is 0 Å². The van der Waals surface area contributed by atoms with Crippen molar-refractivity contribution < 1.29 is 27.5 Å². The molecule has 0 unspecified atom stereocenters. The fourth-order valence-electron chi connectivity index (χ4n) is 5.35. The molecule has 0 saturated heterocycles. The Morgan fingerprint density at radius 3 is 2.24 bits per heavy atom. The topological polar surface area (TPSA) is 93.3 Å². The van der Waals surface area contributed by atoms with Crippen LogP contribution < -0.4 is 16.6 Å². The van der Waals surface area contributed by atoms with Crippen molar-refractivity contribution in [3.05, 3.63) is 127 Å². The zero-order valence-corrected chi connectivity index (χ0v) is 25.2. The van der Waals surface area contributed by atoms with E-state index < -0.39 is 52.9 Å². The van der Waals surface area contributed by atoms with E-state index in [1.807, 2.05) is 19.9 Å². The third-order valence-corrected chi connectivity index (χ3v) is 7.80. The van der Waals surface area contributed by atoms with Gasteiger partial charge in [0.1, 0.15) is 5.82 Å². The Labute approximate surface area is 257 Å². The highest BCUT2D eigenvalue weighted by atomic mass is 19.4. The van der Waals surface area contributed by atoms with Crippen LogP contribution in [0, 0.1) is 12.7 Å². The number of hydrogen-bond donors (Lipinski definition) is 2. The van der Waals surface area contributed by atoms with Crippen LogP contribution >= 0.6 is 0 Å². The van der Waals surface area contributed by atoms with Crippen molar-refractivity contribution in [3.8, 4) is 11.1 Å². The van der Waals surface area contributed by atoms with E-state index in [9.17, 15) is 27.6 Å². The summed E-state index contributed by atoms with van der Waals surface area (Å²) in [6.07, 6.45) is -4.69. The van der Waals surface area contributed by atoms with Gasteiger partial charge in [-0.25, -0.2) is 9.18 Å². The number of rotatable bonds is 12. The van der Waals surface area contributed by atoms with Gasteiger partial charge in [-0.1, -0.05) is 74.5 Å². The Kier molecular flexibility index (Phi) is 10.4. The summed E-state index contributed by atoms with van der Waals surface area (Å²) in [6.45, 7) is 4.71. The molecule has 11 heteroatoms. The molecule has 238 valence electrons. The van der Waals surface area contributed by atoms with Crippen LogP contribution in [0.3, 0.4) is 0 Å². The van der Waals surface area contributed by atoms with Crippen molar-refractivity contribution in [2.75, 3.05) is 6.54 Å². The molecule has 0 fully saturated rings. The Balaban J connectivity index is 1.93. The molecule has 4 rings (SSSR count). The van der Waals surface area contributed by atoms with Crippen molar-refractivity contribution in [1.82, 2.24) is 14.5 Å². The van der Waals surface area contributed by atoms with Crippen LogP contribution in [0.1, 0.15) is 66.6 Å². The Morgan fingerprint density at radius 2 is 1.60 bits per heavy atom. The van der Waals surface area contributed by atoms with Gasteiger partial charge in [0.15, 0.2) is 0 Å². The van der Waals surface area contributed by atoms with Gasteiger partial charge in [-0.05, 0) is 54.6 Å². The first-order valence-corrected chi connectivity index (χ1v) is 14.6. The first-order valence-electron chi connectivity index (χ1n) is 14.6. The number of hydrogen-bond acceptors (Lipinski definition) is 4. The second-order valence-corrected chi connectivity index (χ2v) is 11.2. The molecule has 0 amide bonds. The fraction of sp³-hybridized carbons (Fsp3) is 0.324. The van der Waals surface area contributed by atoms with E-state index in [-0.39, 0.29) is 43.1 Å². The van der Waals surface area contributed by atoms with Gasteiger partial charge in [-0.15, -0.1) is 0 Å². The number of carbonyl (C=O) groups is 1. The predicted molar refractivity (Wildman–Crippen MR) is 164 cm³/mol. The smallest absolute Gasteiger partial charge is 0.416 e. The maximum atomic E-state index is 15.0. The first-order chi connectivity index (χ1) is 21.3. The van der Waals surface area contributed by atoms with E-state index in [1.165, 1.54) is 6.92 Å². The van der Waals surface area contributed by atoms with E-state index in [4.69, 9.17) is 5.11 Å². The summed E-state index contributed by atoms with van der Waals surface area (Å²) in [5.74, 6) is -1.99. The molecule has 0 aliphatic carbocycles. The third-order valence-electron chi connectivity index (χ3n) is 7.80. The van der Waals surface area contributed by atoms with Crippen molar-refractivity contribution in [1.29, 1.82) is 0 Å². The molecule has 1 atom stereocenters. The van der Waals surface area contributed by atoms with E-state index in [0.717, 1.165) is 32.9 Å². The van der Waals surface area contributed by atoms with Crippen LogP contribution in [0.15, 0.2) is 82.4 Å². The molecule has 0 aliphatic heterocycles. The predicted octanol–water partition coefficient (Wildman–Crippen LogP) is 6.51. The van der Waals surface area contributed by atoms with Crippen molar-refractivity contribution >= 4 is 5.97 Å². The number of aliphatic carboxylic acids is 1. The Hall–Kier alpha value is -4.51. The Morgan fingerprint density at radius 1 is 0.933 bits per heavy atom. The number of carboxylic acids is 1. The number of benzene rings is 3. The molecule has 0 aliphatic rings. The molecule has 45 heavy (non-hydrogen) atoms. The molecular formula is C34H35F4N3O4. The molecule has 0 spiro atoms. The number of nitrogens with zero attached hydrogens (tertiary/aromatic N) is 2. The minimum absolute atomic E-state index is 0.0910. The summed E-state index contributed by atoms with van der Waals surface area (Å²) in [4.78, 5) is 39.3. The van der Waals surface area contributed by atoms with Gasteiger partial charge in [-0.3, -0.25) is 18.7 Å². The summed E-state index contributed by atoms with van der Waals surface area (Å²) < 4.78 is 58.8. The minimum atomic E-state index is -4.88. The molecular weight excluding hydrogens is 590 g/mol. The molecule has 0 saturated carbocycles. The lowest BCUT2D eigenvalue weighted by molar-refractivity contribution is -0.138. The molecule has 2 N–H and O–H groups in total. The minimum Gasteiger partial charge on any atom is -0.481 e. The fourth-order valence-corrected chi connectivity index (χ4v) is 5.35. The SMILES string of the molecule is Cc1c(-c2cccc(C(C)C)c2)c(=O)n(C[C@@H](NCCCC(=O)O)c2ccccc2)c(=O)n1Cc1c(F)cccc1C(F)(F)F. The molecule has 7 nitrogen and oxygen atoms in total. The number of carboxylic acid groups (broad SMARTS) is 1. The maximum Gasteiger partial charge on any atom is 0.416 e. The van der Waals surface area contributed by atoms with Gasteiger partial charge in [0.25, 0.3) is 5.56 Å². The molecule has 0 radical (unpaired) electrons. The number of halogens is 4. The van der Waals surface area contributed by atoms with Crippen molar-refractivity contribution in [2.45, 2.75) is 64.8 Å². The highest BCUT2D eigenvalue weighted by Gasteiger charge is 2.35. The number of nitrogens with one attached hydrogen (secondary N) is 1. The molecule has 0 bridgehead atoms. The largest absolute Gasteiger partial charge is 0.481 e. The van der Waals surface area contributed by atoms with Gasteiger partial charge < -0.3 is 10.4 Å². The highest BCUT2D eigenvalue weighted by Crippen LogP contribution is 2.34. The van der Waals surface area contributed by atoms with Gasteiger partial charge in [0.2, 0.25) is 0 Å². The van der Waals surface area contributed by atoms with Crippen LogP contribution in [-0.4, -0.2) is 26.8 Å². The lowest BCUT2D eigenvalue weighted by Crippen LogP contribution is -2.45. The zero-order chi connectivity index (χ0) is 32.9. The van der Waals surface area contributed by atoms with Gasteiger partial charge in [0, 0.05) is 17.7 Å². The maximum absolute atomic E-state index is 15.0. The zero-order valence-electron chi connectivity index (χ0n) is 25.2. The van der Waals surface area contributed by atoms with Crippen molar-refractivity contribution in [2.24, 2.45) is 0 Å². The third kappa shape index (κ3) is 7.78. The normalized spacial score (nSPS) is 12.4. The first kappa shape index (κ1) is 33.4. The monoisotopic (exact) mass is 625 g/mol. The van der Waals surface area contributed by atoms with E-state index in [0.29, 0.717) is 11.1 Å². The average Bonchev–Trinajstić information content (AvgIpc) is 2.99. The quantitative estimate of drug-likeness (QED) is 0.138. The van der Waals surface area contributed by atoms with Gasteiger partial charge >= 0.3 is 17.8 Å². The van der Waals surface area contributed by atoms with Crippen LogP contribution in [-0.2, 0) is 24.1 Å². The van der Waals surface area contributed by atoms with E-state index in [2.05, 4.69) is 5.32 Å². The summed E-state index contributed by atoms with van der Waals surface area (Å²) in [7, 11) is 0. The van der Waals surface area contributed by atoms with Gasteiger partial charge in [-0.2, -0.15) is 13.2 Å². The summed E-state index contributed by atoms with van der Waals surface area (Å²) >= 11 is 0. The molecule has 1 aromatic heterocycles. The lowest BCUT2D eigenvalue weighted by Gasteiger charge is -2.23. The van der Waals surface area contributed by atoms with Crippen LogP contribution in [0.4, 0.5) is 17.6 Å². The number of alkyl halides is 3.